The molecule has 1 aliphatic rings. The quantitative estimate of drug-likeness (QED) is 0.108. The van der Waals surface area contributed by atoms with Crippen LogP contribution in [0.15, 0.2) is 35.2 Å². The number of hydrogen-bond donors (Lipinski definition) is 0. The molecule has 1 aliphatic heterocycles. The molecule has 3 aromatic carbocycles. The second-order valence-electron chi connectivity index (χ2n) is 7.70. The van der Waals surface area contributed by atoms with Crippen molar-refractivity contribution < 1.29 is 44.6 Å². The zero-order valence-corrected chi connectivity index (χ0v) is 21.4. The van der Waals surface area contributed by atoms with Crippen molar-refractivity contribution in [2.24, 2.45) is 0 Å². The number of rotatable bonds is 8. The molecule has 0 N–H and O–H groups in total. The van der Waals surface area contributed by atoms with Crippen molar-refractivity contribution in [2.75, 3.05) is 4.61 Å². The third-order valence-electron chi connectivity index (χ3n) is 5.56. The summed E-state index contributed by atoms with van der Waals surface area (Å²) in [5.41, 5.74) is 0.670. The molecule has 0 saturated carbocycles. The van der Waals surface area contributed by atoms with Crippen LogP contribution in [-0.4, -0.2) is 29.9 Å². The Labute approximate surface area is 216 Å². The van der Waals surface area contributed by atoms with E-state index in [1.54, 1.807) is 12.1 Å². The Bertz CT molecular complexity index is 1480. The van der Waals surface area contributed by atoms with Crippen LogP contribution in [0.25, 0.3) is 10.8 Å². The fraction of sp³-hybridized carbons (Fsp3) is 0.217. The summed E-state index contributed by atoms with van der Waals surface area (Å²) in [4.78, 5) is 23.9. The molecule has 2 amide bonds. The second-order valence-corrected chi connectivity index (χ2v) is 9.79. The zero-order valence-electron chi connectivity index (χ0n) is 18.4. The Morgan fingerprint density at radius 2 is 1.53 bits per heavy atom. The predicted molar refractivity (Wildman–Crippen MR) is 127 cm³/mol. The molecular weight excluding hydrogens is 621 g/mol. The van der Waals surface area contributed by atoms with Crippen LogP contribution in [0.5, 0.6) is 5.75 Å². The summed E-state index contributed by atoms with van der Waals surface area (Å²) in [5.74, 6) is -12.9. The number of carbonyl (C=O) groups is 2. The van der Waals surface area contributed by atoms with Crippen LogP contribution in [0.2, 0.25) is 0 Å². The smallest absolute Gasteiger partial charge is 0.324 e. The van der Waals surface area contributed by atoms with Crippen LogP contribution >= 0.6 is 22.6 Å². The van der Waals surface area contributed by atoms with Gasteiger partial charge in [-0.3, -0.25) is 9.59 Å². The Kier molecular flexibility index (Phi) is 7.26. The number of nitrogens with zero attached hydrogens (tertiary/aromatic N) is 1. The highest BCUT2D eigenvalue weighted by Gasteiger charge is 2.41. The molecule has 0 fully saturated rings. The van der Waals surface area contributed by atoms with E-state index < -0.39 is 60.5 Å². The van der Waals surface area contributed by atoms with Gasteiger partial charge in [-0.1, -0.05) is 31.5 Å². The lowest BCUT2D eigenvalue weighted by Crippen LogP contribution is -2.42. The average Bonchev–Trinajstić information content (AvgIpc) is 2.85. The van der Waals surface area contributed by atoms with E-state index in [9.17, 15) is 35.6 Å². The molecule has 0 spiro atoms. The van der Waals surface area contributed by atoms with Crippen molar-refractivity contribution in [3.05, 3.63) is 70.3 Å². The number of unbranched alkanes of at least 4 members (excludes halogenated alkanes) is 1. The van der Waals surface area contributed by atoms with E-state index in [1.165, 1.54) is 40.8 Å². The lowest BCUT2D eigenvalue weighted by atomic mass is 9.90. The third-order valence-corrected chi connectivity index (χ3v) is 7.08. The minimum absolute atomic E-state index is 0.0975. The highest BCUT2D eigenvalue weighted by atomic mass is 127. The Morgan fingerprint density at radius 3 is 2.11 bits per heavy atom. The standard InChI is InChI=1S/C23H16F4INO6S/c1-2-3-5-11-8-9-14-15-12(11)6-4-7-13(15)22(30)29(23(14)31)35-36(32,33)21-18(26)16(24)20(34-10-28)17(25)19(21)27/h4,6-9H,2-3,5,10H2,1H3. The van der Waals surface area contributed by atoms with E-state index in [-0.39, 0.29) is 21.6 Å². The summed E-state index contributed by atoms with van der Waals surface area (Å²) in [5, 5.41) is 0.671. The van der Waals surface area contributed by atoms with Gasteiger partial charge in [0.1, 0.15) is 4.61 Å². The van der Waals surface area contributed by atoms with Crippen LogP contribution < -0.4 is 4.74 Å². The van der Waals surface area contributed by atoms with Gasteiger partial charge >= 0.3 is 10.1 Å². The van der Waals surface area contributed by atoms with E-state index in [0.717, 1.165) is 18.4 Å². The molecule has 7 nitrogen and oxygen atoms in total. The van der Waals surface area contributed by atoms with Gasteiger partial charge in [0.15, 0.2) is 22.3 Å². The molecule has 0 saturated heterocycles. The first-order valence-electron chi connectivity index (χ1n) is 10.5. The van der Waals surface area contributed by atoms with Gasteiger partial charge in [0.2, 0.25) is 11.6 Å². The number of ether oxygens (including phenoxy) is 1. The summed E-state index contributed by atoms with van der Waals surface area (Å²) in [6.07, 6.45) is 2.42. The highest BCUT2D eigenvalue weighted by molar-refractivity contribution is 14.1. The zero-order chi connectivity index (χ0) is 26.4. The van der Waals surface area contributed by atoms with Gasteiger partial charge in [-0.05, 0) is 58.5 Å². The molecule has 0 aromatic heterocycles. The van der Waals surface area contributed by atoms with E-state index in [4.69, 9.17) is 0 Å². The molecule has 0 bridgehead atoms. The molecule has 190 valence electrons. The van der Waals surface area contributed by atoms with Gasteiger partial charge in [0.25, 0.3) is 11.8 Å². The fourth-order valence-electron chi connectivity index (χ4n) is 3.92. The number of halogens is 5. The number of alkyl halides is 1. The van der Waals surface area contributed by atoms with Gasteiger partial charge in [-0.15, -0.1) is 9.35 Å². The number of hydroxylamine groups is 2. The first-order valence-corrected chi connectivity index (χ1v) is 13.4. The molecule has 0 aliphatic carbocycles. The number of imide groups is 1. The summed E-state index contributed by atoms with van der Waals surface area (Å²) in [6, 6.07) is 7.58. The molecule has 0 unspecified atom stereocenters. The van der Waals surface area contributed by atoms with Crippen LogP contribution in [0.4, 0.5) is 17.6 Å². The van der Waals surface area contributed by atoms with Gasteiger partial charge in [0, 0.05) is 5.39 Å². The van der Waals surface area contributed by atoms with Crippen molar-refractivity contribution in [3.63, 3.8) is 0 Å². The SMILES string of the molecule is CCCCc1ccc2c3c(cccc13)C(=O)N(OS(=O)(=O)c1c(F)c(F)c(OCI)c(F)c1F)C2=O. The van der Waals surface area contributed by atoms with Crippen molar-refractivity contribution in [1.29, 1.82) is 0 Å². The van der Waals surface area contributed by atoms with E-state index in [1.807, 2.05) is 6.92 Å². The molecule has 4 rings (SSSR count). The third kappa shape index (κ3) is 4.22. The van der Waals surface area contributed by atoms with Crippen molar-refractivity contribution >= 4 is 55.3 Å². The summed E-state index contributed by atoms with van der Waals surface area (Å²) >= 11 is 1.50. The van der Waals surface area contributed by atoms with Crippen LogP contribution in [-0.2, 0) is 20.8 Å². The second kappa shape index (κ2) is 9.94. The minimum Gasteiger partial charge on any atom is -0.477 e. The van der Waals surface area contributed by atoms with Crippen LogP contribution in [0.3, 0.4) is 0 Å². The largest absolute Gasteiger partial charge is 0.477 e. The van der Waals surface area contributed by atoms with Gasteiger partial charge in [-0.2, -0.15) is 17.2 Å². The molecule has 1 heterocycles. The average molecular weight is 637 g/mol. The first-order chi connectivity index (χ1) is 17.0. The molecular formula is C23H16F4INO6S. The Morgan fingerprint density at radius 1 is 0.917 bits per heavy atom. The van der Waals surface area contributed by atoms with Crippen molar-refractivity contribution in [2.45, 2.75) is 31.1 Å². The molecule has 3 aromatic rings. The maximum atomic E-state index is 14.5. The van der Waals surface area contributed by atoms with Crippen molar-refractivity contribution in [3.8, 4) is 5.75 Å². The Balaban J connectivity index is 1.79. The monoisotopic (exact) mass is 637 g/mol. The maximum Gasteiger partial charge on any atom is 0.324 e. The number of carbonyl (C=O) groups excluding carboxylic acids is 2. The predicted octanol–water partition coefficient (Wildman–Crippen LogP) is 5.43. The van der Waals surface area contributed by atoms with E-state index >= 15 is 0 Å². The molecule has 36 heavy (non-hydrogen) atoms. The molecule has 13 heteroatoms. The summed E-state index contributed by atoms with van der Waals surface area (Å²) in [7, 11) is -5.76. The number of amides is 2. The minimum atomic E-state index is -5.76. The maximum absolute atomic E-state index is 14.5. The summed E-state index contributed by atoms with van der Waals surface area (Å²) < 4.78 is 91.6. The van der Waals surface area contributed by atoms with E-state index in [0.29, 0.717) is 11.8 Å². The first kappa shape index (κ1) is 26.3. The highest BCUT2D eigenvalue weighted by Crippen LogP contribution is 2.36. The van der Waals surface area contributed by atoms with Crippen LogP contribution in [0.1, 0.15) is 46.0 Å². The Hall–Kier alpha value is -2.78. The van der Waals surface area contributed by atoms with Gasteiger partial charge in [0.05, 0.1) is 11.1 Å². The fourth-order valence-corrected chi connectivity index (χ4v) is 5.25. The van der Waals surface area contributed by atoms with Crippen molar-refractivity contribution in [1.82, 2.24) is 5.06 Å². The lowest BCUT2D eigenvalue weighted by Gasteiger charge is -2.26. The number of hydrogen-bond acceptors (Lipinski definition) is 6. The summed E-state index contributed by atoms with van der Waals surface area (Å²) in [6.45, 7) is 2.00. The lowest BCUT2D eigenvalue weighted by molar-refractivity contribution is -0.0158. The normalized spacial score (nSPS) is 13.6. The van der Waals surface area contributed by atoms with E-state index in [2.05, 4.69) is 9.02 Å². The number of aryl methyl sites for hydroxylation is 1. The molecule has 0 radical (unpaired) electrons. The number of benzene rings is 3. The van der Waals surface area contributed by atoms with Gasteiger partial charge < -0.3 is 4.74 Å². The van der Waals surface area contributed by atoms with Crippen LogP contribution in [0, 0.1) is 23.3 Å². The topological polar surface area (TPSA) is 90.0 Å². The molecule has 0 atom stereocenters. The van der Waals surface area contributed by atoms with Gasteiger partial charge in [-0.25, -0.2) is 8.78 Å².